The molecule has 1 aliphatic rings. The van der Waals surface area contributed by atoms with Crippen LogP contribution in [-0.2, 0) is 10.3 Å². The number of nitrogens with zero attached hydrogens (tertiary/aromatic N) is 1. The van der Waals surface area contributed by atoms with Crippen LogP contribution in [0.15, 0.2) is 18.5 Å². The summed E-state index contributed by atoms with van der Waals surface area (Å²) in [6.45, 7) is 0.795. The molecule has 1 atom stereocenters. The van der Waals surface area contributed by atoms with Gasteiger partial charge in [-0.3, -0.25) is 4.98 Å². The Kier molecular flexibility index (Phi) is 2.48. The number of pyridine rings is 1. The van der Waals surface area contributed by atoms with Crippen molar-refractivity contribution in [2.75, 3.05) is 13.2 Å². The molecule has 0 saturated carbocycles. The maximum Gasteiger partial charge on any atom is 0.147 e. The average molecular weight is 197 g/mol. The van der Waals surface area contributed by atoms with E-state index in [1.807, 2.05) is 0 Å². The molecule has 0 spiro atoms. The predicted octanol–water partition coefficient (Wildman–Crippen LogP) is 1.22. The van der Waals surface area contributed by atoms with Crippen LogP contribution in [0.5, 0.6) is 0 Å². The highest BCUT2D eigenvalue weighted by Gasteiger charge is 2.34. The predicted molar refractivity (Wildman–Crippen MR) is 48.1 cm³/mol. The van der Waals surface area contributed by atoms with Gasteiger partial charge in [0.25, 0.3) is 0 Å². The Morgan fingerprint density at radius 2 is 2.43 bits per heavy atom. The van der Waals surface area contributed by atoms with E-state index in [4.69, 9.17) is 4.74 Å². The first-order valence-corrected chi connectivity index (χ1v) is 4.62. The van der Waals surface area contributed by atoms with Crippen LogP contribution in [0.2, 0.25) is 0 Å². The van der Waals surface area contributed by atoms with Crippen LogP contribution in [0.1, 0.15) is 18.4 Å². The molecule has 3 nitrogen and oxygen atoms in total. The van der Waals surface area contributed by atoms with Gasteiger partial charge in [0.1, 0.15) is 11.4 Å². The van der Waals surface area contributed by atoms with E-state index in [1.54, 1.807) is 0 Å². The van der Waals surface area contributed by atoms with E-state index in [-0.39, 0.29) is 12.2 Å². The molecule has 0 amide bonds. The largest absolute Gasteiger partial charge is 0.383 e. The van der Waals surface area contributed by atoms with Gasteiger partial charge in [-0.1, -0.05) is 0 Å². The van der Waals surface area contributed by atoms with Gasteiger partial charge in [0.05, 0.1) is 12.8 Å². The summed E-state index contributed by atoms with van der Waals surface area (Å²) in [6, 6.07) is 1.50. The van der Waals surface area contributed by atoms with Crippen molar-refractivity contribution in [2.45, 2.75) is 18.4 Å². The van der Waals surface area contributed by atoms with Gasteiger partial charge in [-0.25, -0.2) is 4.39 Å². The van der Waals surface area contributed by atoms with Gasteiger partial charge in [0.2, 0.25) is 0 Å². The lowest BCUT2D eigenvalue weighted by Crippen LogP contribution is -2.36. The normalized spacial score (nSPS) is 27.6. The molecule has 0 bridgehead atoms. The van der Waals surface area contributed by atoms with Crippen molar-refractivity contribution in [1.82, 2.24) is 4.98 Å². The molecule has 76 valence electrons. The summed E-state index contributed by atoms with van der Waals surface area (Å²) in [5, 5.41) is 10.1. The Bertz CT molecular complexity index is 324. The van der Waals surface area contributed by atoms with E-state index >= 15 is 0 Å². The van der Waals surface area contributed by atoms with E-state index in [9.17, 15) is 9.50 Å². The minimum Gasteiger partial charge on any atom is -0.383 e. The van der Waals surface area contributed by atoms with Crippen LogP contribution < -0.4 is 0 Å². The van der Waals surface area contributed by atoms with Crippen LogP contribution in [0.25, 0.3) is 0 Å². The zero-order valence-electron chi connectivity index (χ0n) is 7.74. The van der Waals surface area contributed by atoms with Crippen LogP contribution in [0, 0.1) is 5.82 Å². The van der Waals surface area contributed by atoms with Gasteiger partial charge in [-0.05, 0) is 18.9 Å². The zero-order chi connectivity index (χ0) is 10.0. The highest BCUT2D eigenvalue weighted by Crippen LogP contribution is 2.31. The molecule has 4 heteroatoms. The molecule has 14 heavy (non-hydrogen) atoms. The summed E-state index contributed by atoms with van der Waals surface area (Å²) in [5.74, 6) is -0.472. The van der Waals surface area contributed by atoms with Gasteiger partial charge in [-0.2, -0.15) is 0 Å². The monoisotopic (exact) mass is 197 g/mol. The third-order valence-corrected chi connectivity index (χ3v) is 2.49. The van der Waals surface area contributed by atoms with E-state index in [1.165, 1.54) is 12.3 Å². The van der Waals surface area contributed by atoms with Crippen molar-refractivity contribution in [3.63, 3.8) is 0 Å². The van der Waals surface area contributed by atoms with E-state index in [2.05, 4.69) is 4.98 Å². The lowest BCUT2D eigenvalue weighted by molar-refractivity contribution is -0.0921. The molecule has 0 aromatic carbocycles. The summed E-state index contributed by atoms with van der Waals surface area (Å²) in [7, 11) is 0. The summed E-state index contributed by atoms with van der Waals surface area (Å²) < 4.78 is 18.5. The second-order valence-electron chi connectivity index (χ2n) is 3.54. The van der Waals surface area contributed by atoms with Gasteiger partial charge in [0.15, 0.2) is 0 Å². The van der Waals surface area contributed by atoms with Gasteiger partial charge in [-0.15, -0.1) is 0 Å². The van der Waals surface area contributed by atoms with E-state index in [0.29, 0.717) is 13.0 Å². The Morgan fingerprint density at radius 3 is 3.07 bits per heavy atom. The molecular weight excluding hydrogens is 185 g/mol. The first-order valence-electron chi connectivity index (χ1n) is 4.62. The van der Waals surface area contributed by atoms with Crippen molar-refractivity contribution < 1.29 is 14.2 Å². The number of aromatic nitrogens is 1. The number of ether oxygens (including phenoxy) is 1. The second-order valence-corrected chi connectivity index (χ2v) is 3.54. The van der Waals surface area contributed by atoms with Crippen molar-refractivity contribution in [3.05, 3.63) is 29.8 Å². The molecule has 1 unspecified atom stereocenters. The molecule has 1 N–H and O–H groups in total. The maximum atomic E-state index is 13.3. The summed E-state index contributed by atoms with van der Waals surface area (Å²) in [5.41, 5.74) is -0.891. The summed E-state index contributed by atoms with van der Waals surface area (Å²) in [6.07, 6.45) is 3.87. The molecule has 1 saturated heterocycles. The fraction of sp³-hybridized carbons (Fsp3) is 0.500. The molecule has 2 rings (SSSR count). The Hall–Kier alpha value is -1.00. The number of rotatable bonds is 1. The molecule has 1 aliphatic heterocycles. The van der Waals surface area contributed by atoms with Gasteiger partial charge in [0, 0.05) is 18.4 Å². The Balaban J connectivity index is 2.32. The zero-order valence-corrected chi connectivity index (χ0v) is 7.74. The van der Waals surface area contributed by atoms with Crippen molar-refractivity contribution in [1.29, 1.82) is 0 Å². The van der Waals surface area contributed by atoms with Crippen LogP contribution in [0.4, 0.5) is 4.39 Å². The van der Waals surface area contributed by atoms with Gasteiger partial charge < -0.3 is 9.84 Å². The quantitative estimate of drug-likeness (QED) is 0.736. The van der Waals surface area contributed by atoms with Crippen LogP contribution in [0.3, 0.4) is 0 Å². The van der Waals surface area contributed by atoms with Crippen molar-refractivity contribution in [2.24, 2.45) is 0 Å². The van der Waals surface area contributed by atoms with Crippen molar-refractivity contribution in [3.8, 4) is 0 Å². The van der Waals surface area contributed by atoms with Crippen molar-refractivity contribution >= 4 is 0 Å². The van der Waals surface area contributed by atoms with Crippen LogP contribution >= 0.6 is 0 Å². The molecule has 2 heterocycles. The van der Waals surface area contributed by atoms with Crippen LogP contribution in [-0.4, -0.2) is 23.3 Å². The third kappa shape index (κ3) is 1.63. The number of hydrogen-bond acceptors (Lipinski definition) is 3. The van der Waals surface area contributed by atoms with Gasteiger partial charge >= 0.3 is 0 Å². The van der Waals surface area contributed by atoms with E-state index in [0.717, 1.165) is 12.6 Å². The average Bonchev–Trinajstić information content (AvgIpc) is 2.19. The first kappa shape index (κ1) is 9.55. The molecule has 1 fully saturated rings. The maximum absolute atomic E-state index is 13.3. The smallest absolute Gasteiger partial charge is 0.147 e. The molecule has 0 aliphatic carbocycles. The highest BCUT2D eigenvalue weighted by atomic mass is 19.1. The third-order valence-electron chi connectivity index (χ3n) is 2.49. The first-order chi connectivity index (χ1) is 6.72. The minimum atomic E-state index is -1.18. The Morgan fingerprint density at radius 1 is 1.57 bits per heavy atom. The lowest BCUT2D eigenvalue weighted by atomic mass is 9.89. The summed E-state index contributed by atoms with van der Waals surface area (Å²) >= 11 is 0. The highest BCUT2D eigenvalue weighted by molar-refractivity contribution is 5.21. The lowest BCUT2D eigenvalue weighted by Gasteiger charge is -2.32. The standard InChI is InChI=1S/C10H12FNO2/c11-9-6-12-4-2-8(9)10(13)3-1-5-14-7-10/h2,4,6,13H,1,3,5,7H2. The second kappa shape index (κ2) is 3.63. The minimum absolute atomic E-state index is 0.161. The SMILES string of the molecule is OC1(c2ccncc2F)CCCOC1. The number of halogens is 1. The molecular formula is C10H12FNO2. The number of aliphatic hydroxyl groups is 1. The van der Waals surface area contributed by atoms with E-state index < -0.39 is 11.4 Å². The summed E-state index contributed by atoms with van der Waals surface area (Å²) in [4.78, 5) is 3.64. The number of hydrogen-bond donors (Lipinski definition) is 1. The molecule has 1 aromatic rings. The Labute approximate surface area is 81.5 Å². The fourth-order valence-electron chi connectivity index (χ4n) is 1.74. The molecule has 0 radical (unpaired) electrons. The fourth-order valence-corrected chi connectivity index (χ4v) is 1.74. The molecule has 1 aromatic heterocycles. The topological polar surface area (TPSA) is 42.4 Å².